The molecule has 0 radical (unpaired) electrons. The summed E-state index contributed by atoms with van der Waals surface area (Å²) >= 11 is 3.27. The summed E-state index contributed by atoms with van der Waals surface area (Å²) < 4.78 is 34.0. The number of hydrogen-bond donors (Lipinski definition) is 0. The van der Waals surface area contributed by atoms with E-state index in [1.165, 1.54) is 0 Å². The minimum atomic E-state index is -2.86. The summed E-state index contributed by atoms with van der Waals surface area (Å²) in [4.78, 5) is 0. The van der Waals surface area contributed by atoms with Crippen molar-refractivity contribution >= 4 is 33.4 Å². The largest absolute Gasteiger partial charge is 0.378 e. The molecular formula is C10H20O4S3. The van der Waals surface area contributed by atoms with E-state index in [0.717, 1.165) is 11.5 Å². The minimum absolute atomic E-state index is 0.286. The highest BCUT2D eigenvalue weighted by molar-refractivity contribution is 8.02. The lowest BCUT2D eigenvalue weighted by Gasteiger charge is -2.04. The third-order valence-corrected chi connectivity index (χ3v) is 6.26. The second kappa shape index (κ2) is 9.49. The molecule has 7 heteroatoms. The van der Waals surface area contributed by atoms with Crippen LogP contribution in [0, 0.1) is 0 Å². The molecule has 0 aliphatic carbocycles. The van der Waals surface area contributed by atoms with Crippen LogP contribution < -0.4 is 0 Å². The number of thioether (sulfide) groups is 2. The first kappa shape index (κ1) is 15.6. The summed E-state index contributed by atoms with van der Waals surface area (Å²) in [5.41, 5.74) is 0. The number of rotatable bonds is 0. The molecule has 0 aromatic rings. The number of hydrogen-bond acceptors (Lipinski definition) is 6. The van der Waals surface area contributed by atoms with Gasteiger partial charge in [-0.3, -0.25) is 0 Å². The molecule has 0 N–H and O–H groups in total. The van der Waals surface area contributed by atoms with Crippen LogP contribution in [0.3, 0.4) is 0 Å². The molecule has 0 amide bonds. The zero-order valence-corrected chi connectivity index (χ0v) is 12.4. The molecule has 102 valence electrons. The van der Waals surface area contributed by atoms with Gasteiger partial charge in [0, 0.05) is 23.0 Å². The maximum absolute atomic E-state index is 11.6. The third kappa shape index (κ3) is 9.18. The van der Waals surface area contributed by atoms with Crippen LogP contribution in [-0.4, -0.2) is 69.4 Å². The van der Waals surface area contributed by atoms with Gasteiger partial charge in [-0.05, 0) is 0 Å². The smallest absolute Gasteiger partial charge is 0.151 e. The molecule has 0 aromatic heterocycles. The first-order valence-electron chi connectivity index (χ1n) is 5.72. The van der Waals surface area contributed by atoms with Gasteiger partial charge in [-0.25, -0.2) is 8.42 Å². The van der Waals surface area contributed by atoms with Gasteiger partial charge in [0.25, 0.3) is 0 Å². The predicted molar refractivity (Wildman–Crippen MR) is 74.9 cm³/mol. The van der Waals surface area contributed by atoms with Gasteiger partial charge in [-0.1, -0.05) is 0 Å². The second-order valence-corrected chi connectivity index (χ2v) is 8.35. The lowest BCUT2D eigenvalue weighted by Crippen LogP contribution is -2.15. The standard InChI is InChI=1S/C10H20O4S3/c11-17(12)9-7-15-5-3-13-1-2-14-4-6-16-8-10-17/h1-10H2. The van der Waals surface area contributed by atoms with Gasteiger partial charge in [0.15, 0.2) is 9.84 Å². The van der Waals surface area contributed by atoms with E-state index in [9.17, 15) is 8.42 Å². The zero-order chi connectivity index (χ0) is 12.4. The highest BCUT2D eigenvalue weighted by Crippen LogP contribution is 2.06. The third-order valence-electron chi connectivity index (χ3n) is 2.19. The molecule has 0 bridgehead atoms. The Morgan fingerprint density at radius 3 is 1.65 bits per heavy atom. The fraction of sp³-hybridized carbons (Fsp3) is 1.00. The van der Waals surface area contributed by atoms with Crippen LogP contribution >= 0.6 is 23.5 Å². The Balaban J connectivity index is 2.27. The highest BCUT2D eigenvalue weighted by Gasteiger charge is 2.10. The number of ether oxygens (including phenoxy) is 2. The van der Waals surface area contributed by atoms with Crippen molar-refractivity contribution in [3.63, 3.8) is 0 Å². The molecule has 0 atom stereocenters. The summed E-state index contributed by atoms with van der Waals surface area (Å²) in [6.07, 6.45) is 0. The van der Waals surface area contributed by atoms with Crippen LogP contribution in [0.25, 0.3) is 0 Å². The van der Waals surface area contributed by atoms with Crippen molar-refractivity contribution in [1.82, 2.24) is 0 Å². The molecular weight excluding hydrogens is 280 g/mol. The molecule has 17 heavy (non-hydrogen) atoms. The summed E-state index contributed by atoms with van der Waals surface area (Å²) in [6.45, 7) is 2.60. The van der Waals surface area contributed by atoms with Crippen molar-refractivity contribution in [3.8, 4) is 0 Å². The van der Waals surface area contributed by atoms with Crippen molar-refractivity contribution < 1.29 is 17.9 Å². The Kier molecular flexibility index (Phi) is 8.73. The van der Waals surface area contributed by atoms with Gasteiger partial charge < -0.3 is 9.47 Å². The fourth-order valence-corrected chi connectivity index (χ4v) is 5.29. The van der Waals surface area contributed by atoms with E-state index < -0.39 is 9.84 Å². The molecule has 1 rings (SSSR count). The van der Waals surface area contributed by atoms with Gasteiger partial charge in [-0.2, -0.15) is 23.5 Å². The average molecular weight is 300 g/mol. The van der Waals surface area contributed by atoms with Crippen molar-refractivity contribution in [1.29, 1.82) is 0 Å². The maximum Gasteiger partial charge on any atom is 0.151 e. The monoisotopic (exact) mass is 300 g/mol. The lowest BCUT2D eigenvalue weighted by atomic mass is 10.7. The Bertz CT molecular complexity index is 257. The van der Waals surface area contributed by atoms with Gasteiger partial charge in [0.1, 0.15) is 0 Å². The van der Waals surface area contributed by atoms with Gasteiger partial charge in [0.2, 0.25) is 0 Å². The van der Waals surface area contributed by atoms with Gasteiger partial charge >= 0.3 is 0 Å². The van der Waals surface area contributed by atoms with Crippen molar-refractivity contribution in [2.75, 3.05) is 60.9 Å². The van der Waals surface area contributed by atoms with Gasteiger partial charge in [-0.15, -0.1) is 0 Å². The summed E-state index contributed by atoms with van der Waals surface area (Å²) in [6, 6.07) is 0. The van der Waals surface area contributed by atoms with E-state index in [2.05, 4.69) is 0 Å². The van der Waals surface area contributed by atoms with Crippen molar-refractivity contribution in [3.05, 3.63) is 0 Å². The van der Waals surface area contributed by atoms with Crippen molar-refractivity contribution in [2.24, 2.45) is 0 Å². The van der Waals surface area contributed by atoms with Gasteiger partial charge in [0.05, 0.1) is 37.9 Å². The molecule has 0 spiro atoms. The van der Waals surface area contributed by atoms with E-state index >= 15 is 0 Å². The van der Waals surface area contributed by atoms with E-state index in [0.29, 0.717) is 37.9 Å². The molecule has 1 saturated heterocycles. The predicted octanol–water partition coefficient (Wildman–Crippen LogP) is 0.914. The first-order valence-corrected chi connectivity index (χ1v) is 9.85. The Morgan fingerprint density at radius 1 is 0.706 bits per heavy atom. The van der Waals surface area contributed by atoms with E-state index in [1.807, 2.05) is 0 Å². The molecule has 4 nitrogen and oxygen atoms in total. The summed E-state index contributed by atoms with van der Waals surface area (Å²) in [5.74, 6) is 3.62. The highest BCUT2D eigenvalue weighted by atomic mass is 32.2. The van der Waals surface area contributed by atoms with E-state index in [1.54, 1.807) is 23.5 Å². The zero-order valence-electron chi connectivity index (χ0n) is 9.93. The van der Waals surface area contributed by atoms with Crippen LogP contribution in [0.1, 0.15) is 0 Å². The lowest BCUT2D eigenvalue weighted by molar-refractivity contribution is 0.0605. The van der Waals surface area contributed by atoms with Crippen LogP contribution in [0.2, 0.25) is 0 Å². The summed E-state index contributed by atoms with van der Waals surface area (Å²) in [5, 5.41) is 0. The van der Waals surface area contributed by atoms with E-state index in [4.69, 9.17) is 9.47 Å². The molecule has 1 aliphatic heterocycles. The molecule has 0 saturated carbocycles. The SMILES string of the molecule is O=S1(=O)CCSCCOCCOCCSCC1. The van der Waals surface area contributed by atoms with Crippen LogP contribution in [0.5, 0.6) is 0 Å². The maximum atomic E-state index is 11.6. The van der Waals surface area contributed by atoms with Crippen LogP contribution in [-0.2, 0) is 19.3 Å². The Labute approximate surface area is 112 Å². The van der Waals surface area contributed by atoms with Crippen LogP contribution in [0.15, 0.2) is 0 Å². The average Bonchev–Trinajstić information content (AvgIpc) is 2.29. The quantitative estimate of drug-likeness (QED) is 0.663. The Hall–Kier alpha value is 0.570. The number of sulfone groups is 1. The Morgan fingerprint density at radius 2 is 1.18 bits per heavy atom. The normalized spacial score (nSPS) is 25.6. The minimum Gasteiger partial charge on any atom is -0.378 e. The van der Waals surface area contributed by atoms with E-state index in [-0.39, 0.29) is 11.5 Å². The first-order chi connectivity index (χ1) is 8.21. The topological polar surface area (TPSA) is 52.6 Å². The molecule has 1 aliphatic rings. The van der Waals surface area contributed by atoms with Crippen molar-refractivity contribution in [2.45, 2.75) is 0 Å². The summed E-state index contributed by atoms with van der Waals surface area (Å²) in [7, 11) is -2.86. The fourth-order valence-electron chi connectivity index (χ4n) is 1.24. The molecule has 1 heterocycles. The second-order valence-electron chi connectivity index (χ2n) is 3.60. The van der Waals surface area contributed by atoms with Crippen LogP contribution in [0.4, 0.5) is 0 Å². The molecule has 0 unspecified atom stereocenters. The molecule has 1 fully saturated rings. The molecule has 0 aromatic carbocycles.